The van der Waals surface area contributed by atoms with E-state index >= 15 is 0 Å². The summed E-state index contributed by atoms with van der Waals surface area (Å²) in [7, 11) is 1.61. The lowest BCUT2D eigenvalue weighted by Gasteiger charge is -2.21. The Morgan fingerprint density at radius 1 is 0.939 bits per heavy atom. The molecule has 0 spiro atoms. The molecule has 8 heteroatoms. The average molecular weight is 461 g/mol. The van der Waals surface area contributed by atoms with Crippen LogP contribution in [-0.4, -0.2) is 35.2 Å². The van der Waals surface area contributed by atoms with E-state index in [1.807, 2.05) is 74.5 Å². The van der Waals surface area contributed by atoms with Crippen molar-refractivity contribution in [3.05, 3.63) is 72.3 Å². The Morgan fingerprint density at radius 2 is 1.67 bits per heavy atom. The maximum Gasteiger partial charge on any atom is 0.251 e. The Morgan fingerprint density at radius 3 is 2.36 bits per heavy atom. The summed E-state index contributed by atoms with van der Waals surface area (Å²) < 4.78 is 5.17. The Labute approximate surface area is 195 Å². The molecule has 4 rings (SSSR count). The Kier molecular flexibility index (Phi) is 6.65. The fourth-order valence-corrected chi connectivity index (χ4v) is 4.15. The summed E-state index contributed by atoms with van der Waals surface area (Å²) >= 11 is 1.27. The molecule has 4 aromatic rings. The number of aromatic nitrogens is 2. The zero-order chi connectivity index (χ0) is 23.4. The van der Waals surface area contributed by atoms with E-state index in [-0.39, 0.29) is 17.7 Å². The molecule has 3 aromatic carbocycles. The molecule has 0 aliphatic heterocycles. The van der Waals surface area contributed by atoms with Gasteiger partial charge in [0.2, 0.25) is 11.0 Å². The van der Waals surface area contributed by atoms with Gasteiger partial charge in [-0.2, -0.15) is 0 Å². The van der Waals surface area contributed by atoms with Crippen LogP contribution in [0.15, 0.2) is 66.7 Å². The van der Waals surface area contributed by atoms with Crippen LogP contribution in [0.1, 0.15) is 24.2 Å². The largest absolute Gasteiger partial charge is 0.497 e. The number of nitrogens with one attached hydrogen (secondary N) is 2. The monoisotopic (exact) mass is 460 g/mol. The van der Waals surface area contributed by atoms with Crippen LogP contribution in [0.2, 0.25) is 0 Å². The van der Waals surface area contributed by atoms with Crippen LogP contribution < -0.4 is 15.4 Å². The minimum Gasteiger partial charge on any atom is -0.497 e. The number of nitrogens with zero attached hydrogens (tertiary/aromatic N) is 2. The number of hydrogen-bond donors (Lipinski definition) is 2. The molecule has 0 aliphatic rings. The van der Waals surface area contributed by atoms with Crippen molar-refractivity contribution >= 4 is 39.1 Å². The molecule has 7 nitrogen and oxygen atoms in total. The van der Waals surface area contributed by atoms with Gasteiger partial charge in [0.1, 0.15) is 16.8 Å². The minimum atomic E-state index is -0.725. The highest BCUT2D eigenvalue weighted by Gasteiger charge is 2.26. The number of benzene rings is 3. The summed E-state index contributed by atoms with van der Waals surface area (Å²) in [6.07, 6.45) is 0. The van der Waals surface area contributed by atoms with Gasteiger partial charge >= 0.3 is 0 Å². The van der Waals surface area contributed by atoms with Crippen molar-refractivity contribution in [2.24, 2.45) is 5.92 Å². The zero-order valence-electron chi connectivity index (χ0n) is 18.5. The molecule has 0 aliphatic carbocycles. The van der Waals surface area contributed by atoms with E-state index in [1.54, 1.807) is 13.2 Å². The van der Waals surface area contributed by atoms with Crippen LogP contribution >= 0.6 is 11.3 Å². The van der Waals surface area contributed by atoms with E-state index in [2.05, 4.69) is 20.8 Å². The highest BCUT2D eigenvalue weighted by Crippen LogP contribution is 2.28. The van der Waals surface area contributed by atoms with Gasteiger partial charge in [-0.15, -0.1) is 10.2 Å². The number of methoxy groups -OCH3 is 1. The van der Waals surface area contributed by atoms with Crippen LogP contribution in [0.5, 0.6) is 5.75 Å². The molecule has 1 aromatic heterocycles. The minimum absolute atomic E-state index is 0.122. The second kappa shape index (κ2) is 9.79. The van der Waals surface area contributed by atoms with Crippen LogP contribution in [0.25, 0.3) is 21.3 Å². The van der Waals surface area contributed by atoms with Crippen molar-refractivity contribution in [1.29, 1.82) is 0 Å². The van der Waals surface area contributed by atoms with Crippen LogP contribution in [0.4, 0.5) is 5.13 Å². The first-order valence-electron chi connectivity index (χ1n) is 10.5. The van der Waals surface area contributed by atoms with Gasteiger partial charge in [0.15, 0.2) is 0 Å². The van der Waals surface area contributed by atoms with Crippen LogP contribution in [-0.2, 0) is 4.79 Å². The summed E-state index contributed by atoms with van der Waals surface area (Å²) in [6, 6.07) is 20.0. The second-order valence-electron chi connectivity index (χ2n) is 7.89. The third-order valence-electron chi connectivity index (χ3n) is 5.24. The Bertz CT molecular complexity index is 1280. The molecule has 0 saturated heterocycles. The van der Waals surface area contributed by atoms with Gasteiger partial charge in [-0.05, 0) is 53.1 Å². The third kappa shape index (κ3) is 5.18. The number of ether oxygens (including phenoxy) is 1. The summed E-state index contributed by atoms with van der Waals surface area (Å²) in [6.45, 7) is 3.77. The summed E-state index contributed by atoms with van der Waals surface area (Å²) in [5, 5.41) is 17.0. The Balaban J connectivity index is 1.45. The van der Waals surface area contributed by atoms with Gasteiger partial charge < -0.3 is 10.1 Å². The van der Waals surface area contributed by atoms with E-state index in [4.69, 9.17) is 4.74 Å². The van der Waals surface area contributed by atoms with Gasteiger partial charge in [-0.3, -0.25) is 14.9 Å². The first kappa shape index (κ1) is 22.4. The topological polar surface area (TPSA) is 93.2 Å². The molecular formula is C25H24N4O3S. The van der Waals surface area contributed by atoms with Gasteiger partial charge in [-0.25, -0.2) is 0 Å². The molecular weight excluding hydrogens is 436 g/mol. The molecule has 33 heavy (non-hydrogen) atoms. The average Bonchev–Trinajstić information content (AvgIpc) is 3.30. The number of carbonyl (C=O) groups excluding carboxylic acids is 2. The summed E-state index contributed by atoms with van der Waals surface area (Å²) in [5.41, 5.74) is 1.38. The highest BCUT2D eigenvalue weighted by atomic mass is 32.1. The number of fused-ring (bicyclic) bond motifs is 1. The molecule has 0 radical (unpaired) electrons. The first-order valence-corrected chi connectivity index (χ1v) is 11.3. The predicted molar refractivity (Wildman–Crippen MR) is 131 cm³/mol. The molecule has 168 valence electrons. The number of hydrogen-bond acceptors (Lipinski definition) is 6. The van der Waals surface area contributed by atoms with Crippen molar-refractivity contribution in [3.63, 3.8) is 0 Å². The van der Waals surface area contributed by atoms with Crippen LogP contribution in [0, 0.1) is 5.92 Å². The van der Waals surface area contributed by atoms with Crippen LogP contribution in [0.3, 0.4) is 0 Å². The van der Waals surface area contributed by atoms with E-state index in [9.17, 15) is 9.59 Å². The highest BCUT2D eigenvalue weighted by molar-refractivity contribution is 7.18. The van der Waals surface area contributed by atoms with Gasteiger partial charge in [0, 0.05) is 11.1 Å². The summed E-state index contributed by atoms with van der Waals surface area (Å²) in [4.78, 5) is 25.8. The lowest BCUT2D eigenvalue weighted by Crippen LogP contribution is -2.47. The van der Waals surface area contributed by atoms with E-state index < -0.39 is 6.04 Å². The molecule has 0 saturated carbocycles. The summed E-state index contributed by atoms with van der Waals surface area (Å²) in [5.74, 6) is -0.00975. The maximum absolute atomic E-state index is 13.0. The third-order valence-corrected chi connectivity index (χ3v) is 6.13. The van der Waals surface area contributed by atoms with E-state index in [0.29, 0.717) is 15.7 Å². The number of carbonyl (C=O) groups is 2. The molecule has 0 fully saturated rings. The molecule has 2 amide bonds. The van der Waals surface area contributed by atoms with Crippen molar-refractivity contribution < 1.29 is 14.3 Å². The SMILES string of the molecule is COc1ccc(-c2nnc(NC(=O)C(NC(=O)c3ccc4ccccc4c3)C(C)C)s2)cc1. The fraction of sp³-hybridized carbons (Fsp3) is 0.200. The lowest BCUT2D eigenvalue weighted by molar-refractivity contribution is -0.118. The van der Waals surface area contributed by atoms with Gasteiger partial charge in [0.05, 0.1) is 7.11 Å². The Hall–Kier alpha value is -3.78. The lowest BCUT2D eigenvalue weighted by atomic mass is 10.0. The van der Waals surface area contributed by atoms with E-state index in [0.717, 1.165) is 22.1 Å². The standard InChI is InChI=1S/C25H24N4O3S/c1-15(2)21(26-22(30)19-9-8-16-6-4-5-7-18(16)14-19)23(31)27-25-29-28-24(33-25)17-10-12-20(32-3)13-11-17/h4-15,21H,1-3H3,(H,26,30)(H,27,29,31). The molecule has 1 unspecified atom stereocenters. The van der Waals surface area contributed by atoms with Gasteiger partial charge in [0.25, 0.3) is 5.91 Å². The number of amides is 2. The molecule has 1 atom stereocenters. The molecule has 2 N–H and O–H groups in total. The maximum atomic E-state index is 13.0. The van der Waals surface area contributed by atoms with Crippen molar-refractivity contribution in [1.82, 2.24) is 15.5 Å². The van der Waals surface area contributed by atoms with Crippen molar-refractivity contribution in [2.45, 2.75) is 19.9 Å². The quantitative estimate of drug-likeness (QED) is 0.415. The molecule has 1 heterocycles. The normalized spacial score (nSPS) is 11.9. The molecule has 0 bridgehead atoms. The predicted octanol–water partition coefficient (Wildman–Crippen LogP) is 4.76. The van der Waals surface area contributed by atoms with Crippen molar-refractivity contribution in [3.8, 4) is 16.3 Å². The van der Waals surface area contributed by atoms with E-state index in [1.165, 1.54) is 11.3 Å². The second-order valence-corrected chi connectivity index (χ2v) is 8.86. The number of anilines is 1. The fourth-order valence-electron chi connectivity index (χ4n) is 3.40. The number of rotatable bonds is 7. The zero-order valence-corrected chi connectivity index (χ0v) is 19.3. The van der Waals surface area contributed by atoms with Gasteiger partial charge in [-0.1, -0.05) is 55.5 Å². The smallest absolute Gasteiger partial charge is 0.251 e. The first-order chi connectivity index (χ1) is 15.9. The van der Waals surface area contributed by atoms with Crippen molar-refractivity contribution in [2.75, 3.05) is 12.4 Å².